The fourth-order valence-corrected chi connectivity index (χ4v) is 5.93. The standard InChI is InChI=1S/C27H31N3O5S/c1-19-4-6-22(7-5-19)18-28-27(31)23-14-16-30(17-15-23)36(32,33)26-20(2)29-35-25(26)13-10-21-8-11-24(34-3)12-9-21/h4-13,23H,14-18H2,1-3H3,(H,28,31)/b13-10-. The first-order valence-corrected chi connectivity index (χ1v) is 13.3. The number of hydrogen-bond donors (Lipinski definition) is 1. The molecule has 1 N–H and O–H groups in total. The maximum Gasteiger partial charge on any atom is 0.248 e. The van der Waals surface area contributed by atoms with Gasteiger partial charge in [0.15, 0.2) is 10.7 Å². The topological polar surface area (TPSA) is 102 Å². The number of aryl methyl sites for hydroxylation is 2. The van der Waals surface area contributed by atoms with Crippen molar-refractivity contribution < 1.29 is 22.5 Å². The number of nitrogens with zero attached hydrogens (tertiary/aromatic N) is 2. The van der Waals surface area contributed by atoms with Crippen LogP contribution in [0.2, 0.25) is 0 Å². The van der Waals surface area contributed by atoms with Gasteiger partial charge in [0.25, 0.3) is 0 Å². The van der Waals surface area contributed by atoms with Crippen LogP contribution in [-0.2, 0) is 21.4 Å². The van der Waals surface area contributed by atoms with Gasteiger partial charge in [-0.1, -0.05) is 53.2 Å². The number of piperidine rings is 1. The van der Waals surface area contributed by atoms with Gasteiger partial charge in [-0.3, -0.25) is 4.79 Å². The Labute approximate surface area is 212 Å². The van der Waals surface area contributed by atoms with E-state index in [1.54, 1.807) is 26.2 Å². The third-order valence-electron chi connectivity index (χ3n) is 6.39. The molecule has 190 valence electrons. The zero-order chi connectivity index (χ0) is 25.7. The summed E-state index contributed by atoms with van der Waals surface area (Å²) in [5.74, 6) is 0.649. The number of aromatic nitrogens is 1. The Balaban J connectivity index is 1.39. The van der Waals surface area contributed by atoms with Gasteiger partial charge in [0.05, 0.1) is 7.11 Å². The summed E-state index contributed by atoms with van der Waals surface area (Å²) in [5.41, 5.74) is 3.38. The molecular weight excluding hydrogens is 478 g/mol. The SMILES string of the molecule is COc1ccc(/C=C\c2onc(C)c2S(=O)(=O)N2CCC(C(=O)NCc3ccc(C)cc3)CC2)cc1. The van der Waals surface area contributed by atoms with E-state index < -0.39 is 10.0 Å². The number of nitrogens with one attached hydrogen (secondary N) is 1. The second kappa shape index (κ2) is 11.1. The second-order valence-corrected chi connectivity index (χ2v) is 10.8. The number of sulfonamides is 1. The van der Waals surface area contributed by atoms with Gasteiger partial charge in [-0.15, -0.1) is 0 Å². The first kappa shape index (κ1) is 25.7. The number of rotatable bonds is 8. The molecule has 0 spiro atoms. The normalized spacial score (nSPS) is 15.3. The third-order valence-corrected chi connectivity index (χ3v) is 8.44. The van der Waals surface area contributed by atoms with Crippen molar-refractivity contribution in [3.05, 3.63) is 76.7 Å². The Bertz CT molecular complexity index is 1320. The lowest BCUT2D eigenvalue weighted by molar-refractivity contribution is -0.126. The molecule has 0 aliphatic carbocycles. The quantitative estimate of drug-likeness (QED) is 0.489. The van der Waals surface area contributed by atoms with Crippen LogP contribution in [0, 0.1) is 19.8 Å². The smallest absolute Gasteiger partial charge is 0.248 e. The van der Waals surface area contributed by atoms with Crippen LogP contribution in [0.4, 0.5) is 0 Å². The molecule has 0 bridgehead atoms. The van der Waals surface area contributed by atoms with Gasteiger partial charge in [0.2, 0.25) is 15.9 Å². The Morgan fingerprint density at radius 3 is 2.39 bits per heavy atom. The van der Waals surface area contributed by atoms with E-state index in [-0.39, 0.29) is 35.6 Å². The Morgan fingerprint density at radius 1 is 1.08 bits per heavy atom. The molecule has 9 heteroatoms. The van der Waals surface area contributed by atoms with E-state index in [4.69, 9.17) is 9.26 Å². The van der Waals surface area contributed by atoms with E-state index in [2.05, 4.69) is 10.5 Å². The molecule has 1 saturated heterocycles. The van der Waals surface area contributed by atoms with Gasteiger partial charge < -0.3 is 14.6 Å². The van der Waals surface area contributed by atoms with Crippen molar-refractivity contribution in [3.8, 4) is 5.75 Å². The molecule has 0 radical (unpaired) electrons. The maximum atomic E-state index is 13.5. The molecule has 3 aromatic rings. The summed E-state index contributed by atoms with van der Waals surface area (Å²) in [6, 6.07) is 15.4. The molecule has 2 aromatic carbocycles. The zero-order valence-electron chi connectivity index (χ0n) is 20.7. The molecule has 36 heavy (non-hydrogen) atoms. The molecular formula is C27H31N3O5S. The van der Waals surface area contributed by atoms with Crippen molar-refractivity contribution in [2.75, 3.05) is 20.2 Å². The summed E-state index contributed by atoms with van der Waals surface area (Å²) < 4.78 is 38.9. The molecule has 1 aliphatic rings. The van der Waals surface area contributed by atoms with Crippen LogP contribution in [0.15, 0.2) is 57.9 Å². The summed E-state index contributed by atoms with van der Waals surface area (Å²) in [4.78, 5) is 12.7. The minimum Gasteiger partial charge on any atom is -0.497 e. The lowest BCUT2D eigenvalue weighted by atomic mass is 9.97. The molecule has 1 aliphatic heterocycles. The summed E-state index contributed by atoms with van der Waals surface area (Å²) in [7, 11) is -2.23. The summed E-state index contributed by atoms with van der Waals surface area (Å²) >= 11 is 0. The lowest BCUT2D eigenvalue weighted by Gasteiger charge is -2.30. The van der Waals surface area contributed by atoms with E-state index in [0.717, 1.165) is 16.9 Å². The Hall–Kier alpha value is -3.43. The average molecular weight is 510 g/mol. The number of methoxy groups -OCH3 is 1. The monoisotopic (exact) mass is 509 g/mol. The number of carbonyl (C=O) groups excluding carboxylic acids is 1. The Morgan fingerprint density at radius 2 is 1.75 bits per heavy atom. The second-order valence-electron chi connectivity index (χ2n) is 8.95. The maximum absolute atomic E-state index is 13.5. The van der Waals surface area contributed by atoms with Crippen LogP contribution in [0.1, 0.15) is 41.0 Å². The molecule has 0 atom stereocenters. The van der Waals surface area contributed by atoms with E-state index >= 15 is 0 Å². The number of hydrogen-bond acceptors (Lipinski definition) is 6. The van der Waals surface area contributed by atoms with Crippen LogP contribution in [-0.4, -0.2) is 44.0 Å². The van der Waals surface area contributed by atoms with Gasteiger partial charge >= 0.3 is 0 Å². The van der Waals surface area contributed by atoms with Crippen LogP contribution < -0.4 is 10.1 Å². The van der Waals surface area contributed by atoms with Gasteiger partial charge in [0, 0.05) is 25.6 Å². The molecule has 1 aromatic heterocycles. The van der Waals surface area contributed by atoms with Crippen molar-refractivity contribution in [3.63, 3.8) is 0 Å². The van der Waals surface area contributed by atoms with E-state index in [0.29, 0.717) is 25.1 Å². The predicted octanol–water partition coefficient (Wildman–Crippen LogP) is 4.19. The average Bonchev–Trinajstić information content (AvgIpc) is 3.28. The summed E-state index contributed by atoms with van der Waals surface area (Å²) in [6.45, 7) is 4.62. The van der Waals surface area contributed by atoms with Crippen LogP contribution in [0.3, 0.4) is 0 Å². The number of amides is 1. The van der Waals surface area contributed by atoms with Crippen molar-refractivity contribution in [2.24, 2.45) is 5.92 Å². The number of benzene rings is 2. The highest BCUT2D eigenvalue weighted by atomic mass is 32.2. The van der Waals surface area contributed by atoms with Gasteiger partial charge in [-0.25, -0.2) is 8.42 Å². The summed E-state index contributed by atoms with van der Waals surface area (Å²) in [5, 5.41) is 6.88. The fraction of sp³-hybridized carbons (Fsp3) is 0.333. The number of ether oxygens (including phenoxy) is 1. The first-order valence-electron chi connectivity index (χ1n) is 11.9. The van der Waals surface area contributed by atoms with Crippen LogP contribution in [0.5, 0.6) is 5.75 Å². The highest BCUT2D eigenvalue weighted by Crippen LogP contribution is 2.29. The molecule has 2 heterocycles. The molecule has 0 unspecified atom stereocenters. The highest BCUT2D eigenvalue weighted by molar-refractivity contribution is 7.89. The van der Waals surface area contributed by atoms with Crippen LogP contribution in [0.25, 0.3) is 12.2 Å². The Kier molecular flexibility index (Phi) is 7.91. The molecule has 1 amide bonds. The van der Waals surface area contributed by atoms with Gasteiger partial charge in [-0.05, 0) is 56.0 Å². The van der Waals surface area contributed by atoms with E-state index in [1.165, 1.54) is 9.87 Å². The fourth-order valence-electron chi connectivity index (χ4n) is 4.21. The van der Waals surface area contributed by atoms with Gasteiger partial charge in [-0.2, -0.15) is 4.31 Å². The van der Waals surface area contributed by atoms with Crippen molar-refractivity contribution in [1.82, 2.24) is 14.8 Å². The van der Waals surface area contributed by atoms with Crippen molar-refractivity contribution in [2.45, 2.75) is 38.1 Å². The van der Waals surface area contributed by atoms with E-state index in [9.17, 15) is 13.2 Å². The molecule has 4 rings (SSSR count). The first-order chi connectivity index (χ1) is 17.3. The predicted molar refractivity (Wildman–Crippen MR) is 138 cm³/mol. The molecule has 1 fully saturated rings. The summed E-state index contributed by atoms with van der Waals surface area (Å²) in [6.07, 6.45) is 4.30. The highest BCUT2D eigenvalue weighted by Gasteiger charge is 2.35. The van der Waals surface area contributed by atoms with Crippen LogP contribution >= 0.6 is 0 Å². The van der Waals surface area contributed by atoms with Crippen molar-refractivity contribution >= 4 is 28.1 Å². The third kappa shape index (κ3) is 5.85. The lowest BCUT2D eigenvalue weighted by Crippen LogP contribution is -2.43. The van der Waals surface area contributed by atoms with Gasteiger partial charge in [0.1, 0.15) is 11.4 Å². The largest absolute Gasteiger partial charge is 0.497 e. The molecule has 8 nitrogen and oxygen atoms in total. The van der Waals surface area contributed by atoms with Crippen molar-refractivity contribution in [1.29, 1.82) is 0 Å². The minimum absolute atomic E-state index is 0.0445. The zero-order valence-corrected chi connectivity index (χ0v) is 21.5. The minimum atomic E-state index is -3.83. The number of carbonyl (C=O) groups is 1. The molecule has 0 saturated carbocycles. The van der Waals surface area contributed by atoms with E-state index in [1.807, 2.05) is 55.5 Å².